The average molecular weight is 422 g/mol. The Bertz CT molecular complexity index is 1050. The minimum atomic E-state index is -0.267. The summed E-state index contributed by atoms with van der Waals surface area (Å²) in [5.41, 5.74) is 1.82. The standard InChI is InChI=1S/C19H20ClN3O2S2/c1-10-11(2)27-19-16(10)18(25)22-15(23-19)9-26-12(3)17(24)21-8-13-5-4-6-14(20)7-13/h4-7,12H,8-9H2,1-3H3,(H,21,24)(H,22,23,25). The van der Waals surface area contributed by atoms with E-state index in [-0.39, 0.29) is 16.7 Å². The number of halogens is 1. The van der Waals surface area contributed by atoms with Crippen molar-refractivity contribution in [1.29, 1.82) is 0 Å². The Morgan fingerprint density at radius 2 is 2.19 bits per heavy atom. The lowest BCUT2D eigenvalue weighted by Crippen LogP contribution is -2.30. The third-order valence-corrected chi connectivity index (χ3v) is 6.77. The largest absolute Gasteiger partial charge is 0.351 e. The first-order valence-corrected chi connectivity index (χ1v) is 10.7. The molecule has 2 N–H and O–H groups in total. The zero-order valence-electron chi connectivity index (χ0n) is 15.3. The Hall–Kier alpha value is -1.83. The maximum Gasteiger partial charge on any atom is 0.259 e. The van der Waals surface area contributed by atoms with Crippen LogP contribution < -0.4 is 10.9 Å². The summed E-state index contributed by atoms with van der Waals surface area (Å²) >= 11 is 8.92. The van der Waals surface area contributed by atoms with Crippen LogP contribution in [0.25, 0.3) is 10.2 Å². The third kappa shape index (κ3) is 4.72. The Morgan fingerprint density at radius 3 is 2.93 bits per heavy atom. The number of rotatable bonds is 6. The Kier molecular flexibility index (Phi) is 6.24. The molecule has 1 unspecified atom stereocenters. The van der Waals surface area contributed by atoms with Crippen molar-refractivity contribution in [2.24, 2.45) is 0 Å². The number of thiophene rings is 1. The van der Waals surface area contributed by atoms with E-state index in [1.807, 2.05) is 39.0 Å². The van der Waals surface area contributed by atoms with Gasteiger partial charge in [0.05, 0.1) is 16.4 Å². The summed E-state index contributed by atoms with van der Waals surface area (Å²) in [6.45, 7) is 6.20. The molecule has 0 saturated heterocycles. The number of thioether (sulfide) groups is 1. The molecule has 142 valence electrons. The molecule has 0 spiro atoms. The topological polar surface area (TPSA) is 74.8 Å². The molecule has 2 aromatic heterocycles. The number of fused-ring (bicyclic) bond motifs is 1. The van der Waals surface area contributed by atoms with Crippen molar-refractivity contribution in [3.63, 3.8) is 0 Å². The van der Waals surface area contributed by atoms with E-state index in [4.69, 9.17) is 11.6 Å². The number of carbonyl (C=O) groups excluding carboxylic acids is 1. The van der Waals surface area contributed by atoms with Gasteiger partial charge in [-0.25, -0.2) is 4.98 Å². The van der Waals surface area contributed by atoms with Crippen molar-refractivity contribution >= 4 is 50.8 Å². The summed E-state index contributed by atoms with van der Waals surface area (Å²) < 4.78 is 0. The number of benzene rings is 1. The molecule has 3 rings (SSSR count). The first-order chi connectivity index (χ1) is 12.8. The molecule has 0 radical (unpaired) electrons. The van der Waals surface area contributed by atoms with Gasteiger partial charge in [-0.3, -0.25) is 9.59 Å². The molecule has 2 heterocycles. The number of hydrogen-bond donors (Lipinski definition) is 2. The molecule has 0 aliphatic carbocycles. The van der Waals surface area contributed by atoms with Crippen LogP contribution in [0.15, 0.2) is 29.1 Å². The molecule has 0 bridgehead atoms. The molecule has 0 aliphatic heterocycles. The van der Waals surface area contributed by atoms with Crippen LogP contribution in [-0.4, -0.2) is 21.1 Å². The van der Waals surface area contributed by atoms with E-state index in [0.717, 1.165) is 20.8 Å². The number of aromatic nitrogens is 2. The molecule has 5 nitrogen and oxygen atoms in total. The predicted molar refractivity (Wildman–Crippen MR) is 114 cm³/mol. The maximum absolute atomic E-state index is 12.3. The van der Waals surface area contributed by atoms with Gasteiger partial charge in [-0.2, -0.15) is 0 Å². The van der Waals surface area contributed by atoms with Crippen molar-refractivity contribution < 1.29 is 4.79 Å². The fourth-order valence-electron chi connectivity index (χ4n) is 2.63. The maximum atomic E-state index is 12.3. The van der Waals surface area contributed by atoms with Crippen molar-refractivity contribution in [3.8, 4) is 0 Å². The third-order valence-electron chi connectivity index (χ3n) is 4.28. The SMILES string of the molecule is Cc1sc2nc(CSC(C)C(=O)NCc3cccc(Cl)c3)[nH]c(=O)c2c1C. The first kappa shape index (κ1) is 19.9. The summed E-state index contributed by atoms with van der Waals surface area (Å²) in [4.78, 5) is 33.8. The molecule has 0 aliphatic rings. The molecule has 0 saturated carbocycles. The minimum absolute atomic E-state index is 0.0637. The van der Waals surface area contributed by atoms with Gasteiger partial charge in [0.1, 0.15) is 10.7 Å². The van der Waals surface area contributed by atoms with Gasteiger partial charge in [0.2, 0.25) is 5.91 Å². The highest BCUT2D eigenvalue weighted by Gasteiger charge is 2.16. The predicted octanol–water partition coefficient (Wildman–Crippen LogP) is 4.19. The van der Waals surface area contributed by atoms with Gasteiger partial charge in [0.25, 0.3) is 5.56 Å². The zero-order valence-corrected chi connectivity index (χ0v) is 17.6. The van der Waals surface area contributed by atoms with Gasteiger partial charge in [-0.1, -0.05) is 23.7 Å². The molecular formula is C19H20ClN3O2S2. The lowest BCUT2D eigenvalue weighted by Gasteiger charge is -2.12. The number of aromatic amines is 1. The van der Waals surface area contributed by atoms with E-state index in [0.29, 0.717) is 28.5 Å². The highest BCUT2D eigenvalue weighted by atomic mass is 35.5. The zero-order chi connectivity index (χ0) is 19.6. The van der Waals surface area contributed by atoms with Gasteiger partial charge in [0, 0.05) is 16.4 Å². The van der Waals surface area contributed by atoms with Crippen LogP contribution in [0, 0.1) is 13.8 Å². The van der Waals surface area contributed by atoms with E-state index in [1.165, 1.54) is 23.1 Å². The molecule has 27 heavy (non-hydrogen) atoms. The van der Waals surface area contributed by atoms with Crippen LogP contribution in [0.2, 0.25) is 5.02 Å². The fraction of sp³-hybridized carbons (Fsp3) is 0.316. The summed E-state index contributed by atoms with van der Waals surface area (Å²) in [5.74, 6) is 0.992. The van der Waals surface area contributed by atoms with Gasteiger partial charge in [0.15, 0.2) is 0 Å². The lowest BCUT2D eigenvalue weighted by molar-refractivity contribution is -0.120. The first-order valence-electron chi connectivity index (χ1n) is 8.48. The Balaban J connectivity index is 1.60. The second kappa shape index (κ2) is 8.46. The van der Waals surface area contributed by atoms with E-state index >= 15 is 0 Å². The summed E-state index contributed by atoms with van der Waals surface area (Å²) in [5, 5.41) is 3.95. The number of aryl methyl sites for hydroxylation is 2. The van der Waals surface area contributed by atoms with Crippen LogP contribution in [0.4, 0.5) is 0 Å². The number of hydrogen-bond acceptors (Lipinski definition) is 5. The molecule has 8 heteroatoms. The van der Waals surface area contributed by atoms with Crippen LogP contribution in [0.5, 0.6) is 0 Å². The van der Waals surface area contributed by atoms with Gasteiger partial charge in [-0.05, 0) is 44.0 Å². The van der Waals surface area contributed by atoms with Crippen LogP contribution in [0.3, 0.4) is 0 Å². The van der Waals surface area contributed by atoms with Gasteiger partial charge in [-0.15, -0.1) is 23.1 Å². The van der Waals surface area contributed by atoms with Gasteiger partial charge < -0.3 is 10.3 Å². The molecule has 1 atom stereocenters. The average Bonchev–Trinajstić information content (AvgIpc) is 2.92. The van der Waals surface area contributed by atoms with E-state index in [9.17, 15) is 9.59 Å². The minimum Gasteiger partial charge on any atom is -0.351 e. The van der Waals surface area contributed by atoms with Crippen molar-refractivity contribution in [1.82, 2.24) is 15.3 Å². The number of amides is 1. The molecular weight excluding hydrogens is 402 g/mol. The smallest absolute Gasteiger partial charge is 0.259 e. The number of carbonyl (C=O) groups is 1. The normalized spacial score (nSPS) is 12.3. The van der Waals surface area contributed by atoms with Gasteiger partial charge >= 0.3 is 0 Å². The second-order valence-electron chi connectivity index (χ2n) is 6.28. The van der Waals surface area contributed by atoms with Crippen molar-refractivity contribution in [3.05, 3.63) is 61.5 Å². The summed E-state index contributed by atoms with van der Waals surface area (Å²) in [6.07, 6.45) is 0. The second-order valence-corrected chi connectivity index (χ2v) is 9.25. The number of nitrogens with one attached hydrogen (secondary N) is 2. The lowest BCUT2D eigenvalue weighted by atomic mass is 10.2. The van der Waals surface area contributed by atoms with Crippen LogP contribution in [0.1, 0.15) is 28.8 Å². The monoisotopic (exact) mass is 421 g/mol. The highest BCUT2D eigenvalue weighted by Crippen LogP contribution is 2.26. The summed E-state index contributed by atoms with van der Waals surface area (Å²) in [7, 11) is 0. The number of H-pyrrole nitrogens is 1. The van der Waals surface area contributed by atoms with Crippen LogP contribution >= 0.6 is 34.7 Å². The molecule has 1 amide bonds. The van der Waals surface area contributed by atoms with E-state index < -0.39 is 0 Å². The Morgan fingerprint density at radius 1 is 1.41 bits per heavy atom. The molecule has 1 aromatic carbocycles. The molecule has 0 fully saturated rings. The van der Waals surface area contributed by atoms with E-state index in [2.05, 4.69) is 15.3 Å². The van der Waals surface area contributed by atoms with Crippen molar-refractivity contribution in [2.45, 2.75) is 38.3 Å². The van der Waals surface area contributed by atoms with Crippen molar-refractivity contribution in [2.75, 3.05) is 0 Å². The van der Waals surface area contributed by atoms with Crippen LogP contribution in [-0.2, 0) is 17.1 Å². The Labute approximate surface area is 170 Å². The summed E-state index contributed by atoms with van der Waals surface area (Å²) in [6, 6.07) is 7.40. The molecule has 3 aromatic rings. The fourth-order valence-corrected chi connectivity index (χ4v) is 4.67. The van der Waals surface area contributed by atoms with E-state index in [1.54, 1.807) is 6.07 Å². The quantitative estimate of drug-likeness (QED) is 0.625. The highest BCUT2D eigenvalue weighted by molar-refractivity contribution is 7.99. The number of nitrogens with zero attached hydrogens (tertiary/aromatic N) is 1.